The van der Waals surface area contributed by atoms with Gasteiger partial charge in [-0.1, -0.05) is 41.5 Å². The average Bonchev–Trinajstić information content (AvgIpc) is 2.31. The number of esters is 1. The van der Waals surface area contributed by atoms with Gasteiger partial charge in [-0.2, -0.15) is 0 Å². The molecule has 1 atom stereocenters. The first kappa shape index (κ1) is 19.6. The van der Waals surface area contributed by atoms with Crippen LogP contribution in [0.2, 0.25) is 18.1 Å². The number of carbonyl (C=O) groups excluding carboxylic acids is 1. The van der Waals surface area contributed by atoms with E-state index in [0.29, 0.717) is 0 Å². The van der Waals surface area contributed by atoms with Crippen molar-refractivity contribution in [3.05, 3.63) is 0 Å². The maximum absolute atomic E-state index is 11.4. The summed E-state index contributed by atoms with van der Waals surface area (Å²) in [5.41, 5.74) is 0.0950. The zero-order chi connectivity index (χ0) is 16.2. The van der Waals surface area contributed by atoms with Crippen LogP contribution in [0.4, 0.5) is 0 Å². The van der Waals surface area contributed by atoms with Crippen LogP contribution in [0.5, 0.6) is 0 Å². The van der Waals surface area contributed by atoms with E-state index in [0.717, 1.165) is 19.4 Å². The Kier molecular flexibility index (Phi) is 6.95. The van der Waals surface area contributed by atoms with Gasteiger partial charge in [0, 0.05) is 6.61 Å². The summed E-state index contributed by atoms with van der Waals surface area (Å²) >= 11 is 0. The fourth-order valence-corrected chi connectivity index (χ4v) is 2.78. The minimum absolute atomic E-state index is 0.0350. The van der Waals surface area contributed by atoms with E-state index in [9.17, 15) is 4.79 Å². The third kappa shape index (κ3) is 6.40. The molecule has 0 N–H and O–H groups in total. The molecule has 20 heavy (non-hydrogen) atoms. The quantitative estimate of drug-likeness (QED) is 0.508. The second-order valence-electron chi connectivity index (χ2n) is 8.18. The van der Waals surface area contributed by atoms with Crippen molar-refractivity contribution in [1.29, 1.82) is 0 Å². The minimum atomic E-state index is -1.69. The van der Waals surface area contributed by atoms with Gasteiger partial charge in [0.1, 0.15) is 0 Å². The molecule has 0 aromatic heterocycles. The summed E-state index contributed by atoms with van der Waals surface area (Å²) in [6, 6.07) is 0. The van der Waals surface area contributed by atoms with Gasteiger partial charge in [-0.25, -0.2) is 0 Å². The van der Waals surface area contributed by atoms with Gasteiger partial charge >= 0.3 is 5.97 Å². The Morgan fingerprint density at radius 3 is 2.05 bits per heavy atom. The number of carbonyl (C=O) groups is 1. The molecule has 0 radical (unpaired) electrons. The summed E-state index contributed by atoms with van der Waals surface area (Å²) in [6.45, 7) is 18.4. The molecule has 120 valence electrons. The molecule has 0 aromatic carbocycles. The third-order valence-electron chi connectivity index (χ3n) is 4.49. The number of hydrogen-bond donors (Lipinski definition) is 0. The molecule has 0 rings (SSSR count). The van der Waals surface area contributed by atoms with E-state index in [-0.39, 0.29) is 22.3 Å². The van der Waals surface area contributed by atoms with Crippen molar-refractivity contribution in [3.63, 3.8) is 0 Å². The van der Waals surface area contributed by atoms with Crippen molar-refractivity contribution >= 4 is 14.3 Å². The van der Waals surface area contributed by atoms with Gasteiger partial charge in [0.05, 0.1) is 13.0 Å². The summed E-state index contributed by atoms with van der Waals surface area (Å²) in [6.07, 6.45) is 1.82. The predicted molar refractivity (Wildman–Crippen MR) is 87.3 cm³/mol. The van der Waals surface area contributed by atoms with Crippen LogP contribution in [0, 0.1) is 11.3 Å². The van der Waals surface area contributed by atoms with E-state index < -0.39 is 8.32 Å². The lowest BCUT2D eigenvalue weighted by Crippen LogP contribution is -2.43. The van der Waals surface area contributed by atoms with Crippen molar-refractivity contribution in [2.45, 2.75) is 72.5 Å². The molecular weight excluding hydrogens is 268 g/mol. The summed E-state index contributed by atoms with van der Waals surface area (Å²) in [7, 11) is -0.242. The lowest BCUT2D eigenvalue weighted by atomic mass is 9.86. The van der Waals surface area contributed by atoms with E-state index in [2.05, 4.69) is 47.7 Å². The molecule has 4 heteroatoms. The largest absolute Gasteiger partial charge is 0.469 e. The van der Waals surface area contributed by atoms with Gasteiger partial charge in [0.2, 0.25) is 0 Å². The predicted octanol–water partition coefficient (Wildman–Crippen LogP) is 4.62. The van der Waals surface area contributed by atoms with Crippen LogP contribution in [-0.2, 0) is 14.0 Å². The highest BCUT2D eigenvalue weighted by Gasteiger charge is 2.38. The van der Waals surface area contributed by atoms with Crippen molar-refractivity contribution in [2.75, 3.05) is 13.7 Å². The van der Waals surface area contributed by atoms with Gasteiger partial charge in [-0.3, -0.25) is 4.79 Å². The molecule has 0 unspecified atom stereocenters. The van der Waals surface area contributed by atoms with E-state index in [4.69, 9.17) is 9.16 Å². The summed E-state index contributed by atoms with van der Waals surface area (Å²) in [4.78, 5) is 11.4. The number of rotatable bonds is 7. The monoisotopic (exact) mass is 302 g/mol. The van der Waals surface area contributed by atoms with Crippen molar-refractivity contribution < 1.29 is 14.0 Å². The molecule has 0 spiro atoms. The Hall–Kier alpha value is -0.353. The van der Waals surface area contributed by atoms with Gasteiger partial charge in [0.25, 0.3) is 0 Å². The average molecular weight is 303 g/mol. The van der Waals surface area contributed by atoms with Crippen LogP contribution < -0.4 is 0 Å². The van der Waals surface area contributed by atoms with E-state index in [1.54, 1.807) is 0 Å². The standard InChI is InChI=1S/C16H34O3Si/c1-13(14(17)18-7)10-11-16(5,6)12-19-20(8,9)15(2,3)4/h13H,10-12H2,1-9H3/t13-/m1/s1. The highest BCUT2D eigenvalue weighted by Crippen LogP contribution is 2.38. The van der Waals surface area contributed by atoms with Crippen LogP contribution >= 0.6 is 0 Å². The maximum Gasteiger partial charge on any atom is 0.308 e. The second kappa shape index (κ2) is 7.08. The van der Waals surface area contributed by atoms with E-state index in [1.165, 1.54) is 7.11 Å². The fraction of sp³-hybridized carbons (Fsp3) is 0.938. The van der Waals surface area contributed by atoms with Gasteiger partial charge < -0.3 is 9.16 Å². The highest BCUT2D eigenvalue weighted by molar-refractivity contribution is 6.74. The Morgan fingerprint density at radius 2 is 1.65 bits per heavy atom. The first-order valence-electron chi connectivity index (χ1n) is 7.54. The van der Waals surface area contributed by atoms with Crippen LogP contribution in [0.15, 0.2) is 0 Å². The van der Waals surface area contributed by atoms with Crippen molar-refractivity contribution in [2.24, 2.45) is 11.3 Å². The molecular formula is C16H34O3Si. The Bertz CT molecular complexity index is 316. The Morgan fingerprint density at radius 1 is 1.15 bits per heavy atom. The fourth-order valence-electron chi connectivity index (χ4n) is 1.59. The molecule has 0 bridgehead atoms. The van der Waals surface area contributed by atoms with E-state index in [1.807, 2.05) is 6.92 Å². The number of hydrogen-bond acceptors (Lipinski definition) is 3. The Labute approximate surface area is 126 Å². The summed E-state index contributed by atoms with van der Waals surface area (Å²) < 4.78 is 11.1. The third-order valence-corrected chi connectivity index (χ3v) is 8.97. The molecule has 0 aliphatic heterocycles. The number of ether oxygens (including phenoxy) is 1. The molecule has 3 nitrogen and oxygen atoms in total. The molecule has 0 aliphatic carbocycles. The molecule has 0 saturated heterocycles. The zero-order valence-electron chi connectivity index (χ0n) is 14.9. The van der Waals surface area contributed by atoms with E-state index >= 15 is 0 Å². The molecule has 0 saturated carbocycles. The molecule has 0 fully saturated rings. The van der Waals surface area contributed by atoms with Crippen LogP contribution in [0.3, 0.4) is 0 Å². The molecule has 0 heterocycles. The molecule has 0 aliphatic rings. The zero-order valence-corrected chi connectivity index (χ0v) is 15.9. The maximum atomic E-state index is 11.4. The first-order chi connectivity index (χ1) is 8.82. The van der Waals surface area contributed by atoms with Crippen molar-refractivity contribution in [1.82, 2.24) is 0 Å². The lowest BCUT2D eigenvalue weighted by molar-refractivity contribution is -0.145. The SMILES string of the molecule is COC(=O)[C@H](C)CCC(C)(C)CO[Si](C)(C)C(C)(C)C. The van der Waals surface area contributed by atoms with Crippen LogP contribution in [-0.4, -0.2) is 28.0 Å². The minimum Gasteiger partial charge on any atom is -0.469 e. The highest BCUT2D eigenvalue weighted by atomic mass is 28.4. The smallest absolute Gasteiger partial charge is 0.308 e. The van der Waals surface area contributed by atoms with Crippen molar-refractivity contribution in [3.8, 4) is 0 Å². The summed E-state index contributed by atoms with van der Waals surface area (Å²) in [5, 5.41) is 0.238. The number of methoxy groups -OCH3 is 1. The van der Waals surface area contributed by atoms with Crippen LogP contribution in [0.25, 0.3) is 0 Å². The molecule has 0 aromatic rings. The summed E-state index contributed by atoms with van der Waals surface area (Å²) in [5.74, 6) is -0.154. The van der Waals surface area contributed by atoms with Gasteiger partial charge in [-0.05, 0) is 36.4 Å². The van der Waals surface area contributed by atoms with Gasteiger partial charge in [-0.15, -0.1) is 0 Å². The Balaban J connectivity index is 4.37. The normalized spacial score (nSPS) is 15.1. The van der Waals surface area contributed by atoms with Gasteiger partial charge in [0.15, 0.2) is 8.32 Å². The first-order valence-corrected chi connectivity index (χ1v) is 10.4. The second-order valence-corrected chi connectivity index (χ2v) is 13.0. The lowest BCUT2D eigenvalue weighted by Gasteiger charge is -2.39. The van der Waals surface area contributed by atoms with Crippen LogP contribution in [0.1, 0.15) is 54.4 Å². The molecule has 0 amide bonds. The topological polar surface area (TPSA) is 35.5 Å².